The number of anilines is 2. The fraction of sp³-hybridized carbons (Fsp3) is 0.320. The van der Waals surface area contributed by atoms with Gasteiger partial charge in [-0.05, 0) is 31.0 Å². The second-order valence-electron chi connectivity index (χ2n) is 9.18. The highest BCUT2D eigenvalue weighted by Crippen LogP contribution is 2.39. The molecule has 1 fully saturated rings. The molecule has 2 aromatic heterocycles. The third-order valence-corrected chi connectivity index (χ3v) is 7.18. The van der Waals surface area contributed by atoms with Crippen molar-refractivity contribution >= 4 is 32.6 Å². The van der Waals surface area contributed by atoms with Gasteiger partial charge in [0.05, 0.1) is 23.0 Å². The number of halogens is 3. The van der Waals surface area contributed by atoms with E-state index in [1.807, 2.05) is 24.3 Å². The maximum Gasteiger partial charge on any atom is 0.417 e. The van der Waals surface area contributed by atoms with E-state index in [-0.39, 0.29) is 23.1 Å². The minimum Gasteiger partial charge on any atom is -0.323 e. The van der Waals surface area contributed by atoms with Crippen molar-refractivity contribution in [1.82, 2.24) is 24.9 Å². The molecule has 0 aliphatic heterocycles. The van der Waals surface area contributed by atoms with Crippen LogP contribution in [0.4, 0.5) is 24.8 Å². The highest BCUT2D eigenvalue weighted by atomic mass is 32.2. The summed E-state index contributed by atoms with van der Waals surface area (Å²) in [5, 5.41) is 11.1. The second-order valence-corrected chi connectivity index (χ2v) is 11.0. The Bertz CT molecular complexity index is 1540. The summed E-state index contributed by atoms with van der Waals surface area (Å²) in [6, 6.07) is 13.8. The van der Waals surface area contributed by atoms with Gasteiger partial charge in [0.2, 0.25) is 10.0 Å². The molecular formula is C25H25F3N6O2S. The van der Waals surface area contributed by atoms with E-state index in [2.05, 4.69) is 30.2 Å². The Labute approximate surface area is 211 Å². The van der Waals surface area contributed by atoms with Crippen LogP contribution in [0.1, 0.15) is 42.9 Å². The van der Waals surface area contributed by atoms with Crippen molar-refractivity contribution in [2.75, 3.05) is 11.6 Å². The smallest absolute Gasteiger partial charge is 0.323 e. The molecule has 1 saturated carbocycles. The molecule has 37 heavy (non-hydrogen) atoms. The summed E-state index contributed by atoms with van der Waals surface area (Å²) in [5.41, 5.74) is 0.241. The van der Waals surface area contributed by atoms with Crippen LogP contribution in [0, 0.1) is 0 Å². The summed E-state index contributed by atoms with van der Waals surface area (Å²) in [6.45, 7) is 0. The van der Waals surface area contributed by atoms with Crippen molar-refractivity contribution in [2.45, 2.75) is 43.8 Å². The second kappa shape index (κ2) is 9.75. The molecule has 0 bridgehead atoms. The van der Waals surface area contributed by atoms with Gasteiger partial charge in [0, 0.05) is 29.0 Å². The quantitative estimate of drug-likeness (QED) is 0.310. The third kappa shape index (κ3) is 5.59. The highest BCUT2D eigenvalue weighted by molar-refractivity contribution is 7.88. The number of hydrogen-bond acceptors (Lipinski definition) is 6. The molecule has 1 aliphatic rings. The summed E-state index contributed by atoms with van der Waals surface area (Å²) in [7, 11) is -3.50. The van der Waals surface area contributed by atoms with E-state index in [4.69, 9.17) is 0 Å². The number of nitrogens with zero attached hydrogens (tertiary/aromatic N) is 3. The van der Waals surface area contributed by atoms with Crippen LogP contribution in [-0.4, -0.2) is 40.9 Å². The first kappa shape index (κ1) is 25.2. The summed E-state index contributed by atoms with van der Waals surface area (Å²) in [6.07, 6.45) is -0.592. The molecule has 4 aromatic rings. The number of nitrogens with one attached hydrogen (secondary N) is 3. The van der Waals surface area contributed by atoms with Gasteiger partial charge < -0.3 is 5.32 Å². The topological polar surface area (TPSA) is 113 Å². The number of aromatic nitrogens is 4. The average molecular weight is 531 g/mol. The van der Waals surface area contributed by atoms with Crippen LogP contribution in [-0.2, 0) is 16.2 Å². The maximum atomic E-state index is 13.9. The van der Waals surface area contributed by atoms with Gasteiger partial charge in [-0.2, -0.15) is 18.3 Å². The van der Waals surface area contributed by atoms with Crippen molar-refractivity contribution in [3.8, 4) is 11.4 Å². The van der Waals surface area contributed by atoms with E-state index >= 15 is 0 Å². The predicted octanol–water partition coefficient (Wildman–Crippen LogP) is 5.36. The summed E-state index contributed by atoms with van der Waals surface area (Å²) < 4.78 is 68.3. The lowest BCUT2D eigenvalue weighted by molar-refractivity contribution is -0.137. The molecule has 194 valence electrons. The number of alkyl halides is 3. The first-order valence-corrected chi connectivity index (χ1v) is 13.7. The summed E-state index contributed by atoms with van der Waals surface area (Å²) in [4.78, 5) is 9.00. The van der Waals surface area contributed by atoms with Crippen molar-refractivity contribution in [1.29, 1.82) is 0 Å². The van der Waals surface area contributed by atoms with Gasteiger partial charge in [0.15, 0.2) is 11.6 Å². The number of aromatic amines is 1. The number of rotatable bonds is 6. The number of hydrogen-bond donors (Lipinski definition) is 3. The molecule has 0 amide bonds. The number of para-hydroxylation sites is 1. The van der Waals surface area contributed by atoms with Crippen LogP contribution in [0.2, 0.25) is 0 Å². The van der Waals surface area contributed by atoms with Crippen LogP contribution in [0.25, 0.3) is 22.3 Å². The molecule has 2 aromatic carbocycles. The number of H-pyrrole nitrogens is 1. The standard InChI is InChI=1S/C25H25F3N6O2S/c1-37(35,36)34-20-13-7-3-9-16(20)21-14-22(31-24-17-10-4-6-12-19(17)32-33-24)30-23(29-21)15-8-2-5-11-18(15)25(26,27)28/h2,4-6,8,10-12,14,16,20,34H,3,7,9,13H2,1H3,(H2,29,30,31,32,33). The van der Waals surface area contributed by atoms with Gasteiger partial charge in [-0.1, -0.05) is 43.2 Å². The molecule has 5 rings (SSSR count). The van der Waals surface area contributed by atoms with Crippen molar-refractivity contribution in [2.24, 2.45) is 0 Å². The van der Waals surface area contributed by atoms with E-state index in [1.165, 1.54) is 18.2 Å². The van der Waals surface area contributed by atoms with E-state index in [0.717, 1.165) is 36.1 Å². The van der Waals surface area contributed by atoms with E-state index in [9.17, 15) is 21.6 Å². The molecular weight excluding hydrogens is 505 g/mol. The molecule has 8 nitrogen and oxygen atoms in total. The SMILES string of the molecule is CS(=O)(=O)NC1CCCCC1c1cc(Nc2n[nH]c3ccccc23)nc(-c2ccccc2C(F)(F)F)n1. The average Bonchev–Trinajstić information content (AvgIpc) is 3.25. The molecule has 2 unspecified atom stereocenters. The Morgan fingerprint density at radius 1 is 1.00 bits per heavy atom. The monoisotopic (exact) mass is 530 g/mol. The zero-order valence-corrected chi connectivity index (χ0v) is 20.7. The van der Waals surface area contributed by atoms with Crippen LogP contribution in [0.3, 0.4) is 0 Å². The normalized spacial score (nSPS) is 18.7. The van der Waals surface area contributed by atoms with Gasteiger partial charge in [-0.25, -0.2) is 23.1 Å². The molecule has 0 radical (unpaired) electrons. The van der Waals surface area contributed by atoms with Gasteiger partial charge in [-0.3, -0.25) is 5.10 Å². The van der Waals surface area contributed by atoms with Gasteiger partial charge >= 0.3 is 6.18 Å². The fourth-order valence-electron chi connectivity index (χ4n) is 4.85. The predicted molar refractivity (Wildman–Crippen MR) is 135 cm³/mol. The Morgan fingerprint density at radius 3 is 2.51 bits per heavy atom. The largest absolute Gasteiger partial charge is 0.417 e. The lowest BCUT2D eigenvalue weighted by Crippen LogP contribution is -2.40. The zero-order chi connectivity index (χ0) is 26.2. The van der Waals surface area contributed by atoms with Crippen LogP contribution in [0.15, 0.2) is 54.6 Å². The molecule has 3 N–H and O–H groups in total. The Morgan fingerprint density at radius 2 is 1.73 bits per heavy atom. The molecule has 12 heteroatoms. The Kier molecular flexibility index (Phi) is 6.63. The van der Waals surface area contributed by atoms with Crippen molar-refractivity contribution < 1.29 is 21.6 Å². The Hall–Kier alpha value is -3.51. The zero-order valence-electron chi connectivity index (χ0n) is 19.9. The van der Waals surface area contributed by atoms with E-state index < -0.39 is 27.8 Å². The molecule has 2 atom stereocenters. The minimum atomic E-state index is -4.60. The van der Waals surface area contributed by atoms with Gasteiger partial charge in [0.1, 0.15) is 5.82 Å². The van der Waals surface area contributed by atoms with Gasteiger partial charge in [-0.15, -0.1) is 0 Å². The van der Waals surface area contributed by atoms with Crippen LogP contribution >= 0.6 is 0 Å². The minimum absolute atomic E-state index is 0.101. The molecule has 1 aliphatic carbocycles. The number of sulfonamides is 1. The lowest BCUT2D eigenvalue weighted by Gasteiger charge is -2.31. The summed E-state index contributed by atoms with van der Waals surface area (Å²) in [5.74, 6) is 0.291. The lowest BCUT2D eigenvalue weighted by atomic mass is 9.82. The maximum absolute atomic E-state index is 13.9. The number of benzene rings is 2. The van der Waals surface area contributed by atoms with Crippen LogP contribution < -0.4 is 10.0 Å². The van der Waals surface area contributed by atoms with Gasteiger partial charge in [0.25, 0.3) is 0 Å². The Balaban J connectivity index is 1.63. The first-order chi connectivity index (χ1) is 17.6. The molecule has 2 heterocycles. The third-order valence-electron chi connectivity index (χ3n) is 6.45. The van der Waals surface area contributed by atoms with E-state index in [0.29, 0.717) is 24.4 Å². The molecule has 0 saturated heterocycles. The van der Waals surface area contributed by atoms with Crippen molar-refractivity contribution in [3.63, 3.8) is 0 Å². The molecule has 0 spiro atoms. The van der Waals surface area contributed by atoms with Crippen LogP contribution in [0.5, 0.6) is 0 Å². The first-order valence-electron chi connectivity index (χ1n) is 11.8. The highest BCUT2D eigenvalue weighted by Gasteiger charge is 2.35. The summed E-state index contributed by atoms with van der Waals surface area (Å²) >= 11 is 0. The number of fused-ring (bicyclic) bond motifs is 1. The fourth-order valence-corrected chi connectivity index (χ4v) is 5.68. The van der Waals surface area contributed by atoms with E-state index in [1.54, 1.807) is 6.07 Å². The van der Waals surface area contributed by atoms with Crippen molar-refractivity contribution in [3.05, 3.63) is 65.9 Å².